The van der Waals surface area contributed by atoms with Gasteiger partial charge >= 0.3 is 0 Å². The number of nitrogens with two attached hydrogens (primary N) is 1. The smallest absolute Gasteiger partial charge is 0.226 e. The summed E-state index contributed by atoms with van der Waals surface area (Å²) in [7, 11) is 1.71. The van der Waals surface area contributed by atoms with Crippen LogP contribution in [0.1, 0.15) is 52.9 Å². The highest BCUT2D eigenvalue weighted by Crippen LogP contribution is 2.42. The molecule has 3 unspecified atom stereocenters. The third-order valence-electron chi connectivity index (χ3n) is 5.52. The number of carbonyl (C=O) groups is 1. The fourth-order valence-corrected chi connectivity index (χ4v) is 4.13. The van der Waals surface area contributed by atoms with Crippen LogP contribution in [0.3, 0.4) is 0 Å². The molecule has 3 atom stereocenters. The second kappa shape index (κ2) is 7.10. The maximum absolute atomic E-state index is 13.0. The van der Waals surface area contributed by atoms with Gasteiger partial charge in [0.2, 0.25) is 5.91 Å². The van der Waals surface area contributed by atoms with Crippen molar-refractivity contribution in [2.24, 2.45) is 23.5 Å². The first-order valence-electron chi connectivity index (χ1n) is 8.52. The molecule has 2 bridgehead atoms. The molecule has 0 saturated heterocycles. The normalized spacial score (nSPS) is 33.8. The van der Waals surface area contributed by atoms with Crippen LogP contribution in [0.25, 0.3) is 0 Å². The summed E-state index contributed by atoms with van der Waals surface area (Å²) in [6.07, 6.45) is 5.76. The summed E-state index contributed by atoms with van der Waals surface area (Å²) in [5.41, 5.74) is 6.34. The van der Waals surface area contributed by atoms with E-state index in [1.165, 1.54) is 19.3 Å². The van der Waals surface area contributed by atoms with E-state index >= 15 is 0 Å². The Morgan fingerprint density at radius 1 is 1.24 bits per heavy atom. The number of nitrogens with zero attached hydrogens (tertiary/aromatic N) is 1. The highest BCUT2D eigenvalue weighted by Gasteiger charge is 2.42. The molecule has 4 nitrogen and oxygen atoms in total. The van der Waals surface area contributed by atoms with Gasteiger partial charge in [0.1, 0.15) is 0 Å². The van der Waals surface area contributed by atoms with Gasteiger partial charge in [-0.1, -0.05) is 6.42 Å². The van der Waals surface area contributed by atoms with Crippen molar-refractivity contribution >= 4 is 5.91 Å². The Kier molecular flexibility index (Phi) is 5.67. The molecule has 0 aromatic carbocycles. The van der Waals surface area contributed by atoms with Crippen LogP contribution in [0.4, 0.5) is 0 Å². The SMILES string of the molecule is COC(C)CN(C(=O)C1CC2CCCC(C1)C2N)C(C)C. The predicted octanol–water partition coefficient (Wildman–Crippen LogP) is 2.41. The average molecular weight is 296 g/mol. The molecule has 2 N–H and O–H groups in total. The van der Waals surface area contributed by atoms with Gasteiger partial charge in [-0.15, -0.1) is 0 Å². The van der Waals surface area contributed by atoms with E-state index in [0.717, 1.165) is 12.8 Å². The van der Waals surface area contributed by atoms with E-state index in [-0.39, 0.29) is 18.1 Å². The minimum absolute atomic E-state index is 0.0849. The lowest BCUT2D eigenvalue weighted by molar-refractivity contribution is -0.142. The van der Waals surface area contributed by atoms with Gasteiger partial charge in [-0.25, -0.2) is 0 Å². The van der Waals surface area contributed by atoms with E-state index in [1.54, 1.807) is 7.11 Å². The monoisotopic (exact) mass is 296 g/mol. The van der Waals surface area contributed by atoms with Crippen LogP contribution in [-0.4, -0.2) is 42.6 Å². The van der Waals surface area contributed by atoms with Crippen LogP contribution in [0.15, 0.2) is 0 Å². The predicted molar refractivity (Wildman–Crippen MR) is 84.9 cm³/mol. The summed E-state index contributed by atoms with van der Waals surface area (Å²) in [5, 5.41) is 0. The number of carbonyl (C=O) groups excluding carboxylic acids is 1. The van der Waals surface area contributed by atoms with Crippen LogP contribution in [0, 0.1) is 17.8 Å². The molecular weight excluding hydrogens is 264 g/mol. The van der Waals surface area contributed by atoms with Crippen molar-refractivity contribution in [2.75, 3.05) is 13.7 Å². The van der Waals surface area contributed by atoms with Crippen LogP contribution < -0.4 is 5.73 Å². The Balaban J connectivity index is 2.03. The van der Waals surface area contributed by atoms with Crippen molar-refractivity contribution in [3.05, 3.63) is 0 Å². The minimum Gasteiger partial charge on any atom is -0.380 e. The molecular formula is C17H32N2O2. The van der Waals surface area contributed by atoms with Crippen molar-refractivity contribution in [1.82, 2.24) is 4.90 Å². The highest BCUT2D eigenvalue weighted by atomic mass is 16.5. The lowest BCUT2D eigenvalue weighted by Crippen LogP contribution is -2.51. The van der Waals surface area contributed by atoms with Crippen molar-refractivity contribution in [3.8, 4) is 0 Å². The molecule has 0 spiro atoms. The minimum atomic E-state index is 0.0849. The highest BCUT2D eigenvalue weighted by molar-refractivity contribution is 5.79. The zero-order valence-electron chi connectivity index (χ0n) is 14.0. The Bertz CT molecular complexity index is 345. The van der Waals surface area contributed by atoms with E-state index in [2.05, 4.69) is 13.8 Å². The van der Waals surface area contributed by atoms with E-state index in [1.807, 2.05) is 11.8 Å². The summed E-state index contributed by atoms with van der Waals surface area (Å²) >= 11 is 0. The van der Waals surface area contributed by atoms with E-state index < -0.39 is 0 Å². The third kappa shape index (κ3) is 3.78. The van der Waals surface area contributed by atoms with Crippen molar-refractivity contribution in [3.63, 3.8) is 0 Å². The molecule has 2 aliphatic carbocycles. The number of fused-ring (bicyclic) bond motifs is 2. The van der Waals surface area contributed by atoms with Crippen molar-refractivity contribution in [2.45, 2.75) is 71.1 Å². The molecule has 2 saturated carbocycles. The molecule has 0 aromatic rings. The van der Waals surface area contributed by atoms with Gasteiger partial charge in [0, 0.05) is 31.7 Å². The van der Waals surface area contributed by atoms with Gasteiger partial charge in [0.05, 0.1) is 6.10 Å². The molecule has 0 aliphatic heterocycles. The number of hydrogen-bond acceptors (Lipinski definition) is 3. The summed E-state index contributed by atoms with van der Waals surface area (Å²) in [4.78, 5) is 15.0. The van der Waals surface area contributed by atoms with Crippen LogP contribution >= 0.6 is 0 Å². The second-order valence-corrected chi connectivity index (χ2v) is 7.33. The van der Waals surface area contributed by atoms with Crippen LogP contribution in [0.2, 0.25) is 0 Å². The Hall–Kier alpha value is -0.610. The van der Waals surface area contributed by atoms with Gasteiger partial charge in [0.25, 0.3) is 0 Å². The lowest BCUT2D eigenvalue weighted by atomic mass is 9.65. The van der Waals surface area contributed by atoms with Crippen LogP contribution in [-0.2, 0) is 9.53 Å². The van der Waals surface area contributed by atoms with Gasteiger partial charge < -0.3 is 15.4 Å². The van der Waals surface area contributed by atoms with Crippen molar-refractivity contribution in [1.29, 1.82) is 0 Å². The van der Waals surface area contributed by atoms with Gasteiger partial charge in [-0.05, 0) is 58.3 Å². The largest absolute Gasteiger partial charge is 0.380 e. The molecule has 1 amide bonds. The summed E-state index contributed by atoms with van der Waals surface area (Å²) in [6.45, 7) is 6.89. The fourth-order valence-electron chi connectivity index (χ4n) is 4.13. The molecule has 0 heterocycles. The third-order valence-corrected chi connectivity index (χ3v) is 5.52. The molecule has 0 aromatic heterocycles. The maximum atomic E-state index is 13.0. The lowest BCUT2D eigenvalue weighted by Gasteiger charge is -2.45. The maximum Gasteiger partial charge on any atom is 0.226 e. The van der Waals surface area contributed by atoms with E-state index in [0.29, 0.717) is 30.3 Å². The second-order valence-electron chi connectivity index (χ2n) is 7.33. The molecule has 0 radical (unpaired) electrons. The van der Waals surface area contributed by atoms with Gasteiger partial charge in [0.15, 0.2) is 0 Å². The molecule has 2 aliphatic rings. The average Bonchev–Trinajstić information content (AvgIpc) is 2.43. The standard InChI is InChI=1S/C17H32N2O2/c1-11(2)19(10-12(3)21-4)17(20)15-8-13-6-5-7-14(9-15)16(13)18/h11-16H,5-10,18H2,1-4H3. The first kappa shape index (κ1) is 16.8. The number of ether oxygens (including phenoxy) is 1. The summed E-state index contributed by atoms with van der Waals surface area (Å²) < 4.78 is 5.35. The van der Waals surface area contributed by atoms with Gasteiger partial charge in [-0.2, -0.15) is 0 Å². The molecule has 4 heteroatoms. The number of hydrogen-bond donors (Lipinski definition) is 1. The van der Waals surface area contributed by atoms with E-state index in [4.69, 9.17) is 10.5 Å². The van der Waals surface area contributed by atoms with E-state index in [9.17, 15) is 4.79 Å². The Morgan fingerprint density at radius 3 is 2.29 bits per heavy atom. The molecule has 2 fully saturated rings. The Labute approximate surface area is 129 Å². The van der Waals surface area contributed by atoms with Gasteiger partial charge in [-0.3, -0.25) is 4.79 Å². The first-order valence-corrected chi connectivity index (χ1v) is 8.52. The quantitative estimate of drug-likeness (QED) is 0.847. The topological polar surface area (TPSA) is 55.6 Å². The molecule has 21 heavy (non-hydrogen) atoms. The number of rotatable bonds is 5. The fraction of sp³-hybridized carbons (Fsp3) is 0.941. The van der Waals surface area contributed by atoms with Crippen molar-refractivity contribution < 1.29 is 9.53 Å². The first-order chi connectivity index (χ1) is 9.93. The molecule has 122 valence electrons. The summed E-state index contributed by atoms with van der Waals surface area (Å²) in [5.74, 6) is 1.60. The zero-order chi connectivity index (χ0) is 15.6. The molecule has 2 rings (SSSR count). The zero-order valence-corrected chi connectivity index (χ0v) is 14.0. The van der Waals surface area contributed by atoms with Crippen LogP contribution in [0.5, 0.6) is 0 Å². The number of amides is 1. The number of methoxy groups -OCH3 is 1. The summed E-state index contributed by atoms with van der Waals surface area (Å²) in [6, 6.07) is 0.554. The Morgan fingerprint density at radius 2 is 1.81 bits per heavy atom.